The second-order valence-electron chi connectivity index (χ2n) is 5.60. The summed E-state index contributed by atoms with van der Waals surface area (Å²) in [7, 11) is 3.78. The summed E-state index contributed by atoms with van der Waals surface area (Å²) in [6.07, 6.45) is 0.693. The predicted molar refractivity (Wildman–Crippen MR) is 83.0 cm³/mol. The van der Waals surface area contributed by atoms with Crippen LogP contribution in [-0.2, 0) is 0 Å². The smallest absolute Gasteiger partial charge is 0.119 e. The maximum absolute atomic E-state index is 10.1. The van der Waals surface area contributed by atoms with Gasteiger partial charge in [-0.2, -0.15) is 0 Å². The number of benzene rings is 1. The largest absolute Gasteiger partial charge is 0.497 e. The zero-order valence-electron chi connectivity index (χ0n) is 13.0. The van der Waals surface area contributed by atoms with E-state index >= 15 is 0 Å². The summed E-state index contributed by atoms with van der Waals surface area (Å²) >= 11 is 0. The molecule has 0 bridgehead atoms. The third-order valence-electron chi connectivity index (χ3n) is 3.78. The number of rotatable bonds is 6. The van der Waals surface area contributed by atoms with Gasteiger partial charge in [-0.15, -0.1) is 0 Å². The molecular weight excluding hydrogens is 268 g/mol. The molecule has 2 rings (SSSR count). The van der Waals surface area contributed by atoms with Gasteiger partial charge in [-0.25, -0.2) is 0 Å². The predicted octanol–water partition coefficient (Wildman–Crippen LogP) is 1.07. The van der Waals surface area contributed by atoms with Crippen molar-refractivity contribution in [2.45, 2.75) is 12.5 Å². The second kappa shape index (κ2) is 8.22. The number of hydrogen-bond acceptors (Lipinski definition) is 5. The number of nitrogens with zero attached hydrogens (tertiary/aromatic N) is 2. The Balaban J connectivity index is 1.72. The topological polar surface area (TPSA) is 45.2 Å². The van der Waals surface area contributed by atoms with E-state index in [2.05, 4.69) is 16.8 Å². The van der Waals surface area contributed by atoms with Gasteiger partial charge < -0.3 is 19.5 Å². The number of aliphatic hydroxyl groups is 1. The fourth-order valence-electron chi connectivity index (χ4n) is 2.50. The van der Waals surface area contributed by atoms with E-state index in [1.165, 1.54) is 0 Å². The molecule has 1 aliphatic rings. The van der Waals surface area contributed by atoms with Gasteiger partial charge in [-0.05, 0) is 50.8 Å². The van der Waals surface area contributed by atoms with Gasteiger partial charge in [0, 0.05) is 19.6 Å². The molecule has 5 heteroatoms. The quantitative estimate of drug-likeness (QED) is 0.850. The number of aliphatic hydroxyl groups excluding tert-OH is 1. The third kappa shape index (κ3) is 5.53. The van der Waals surface area contributed by atoms with Crippen LogP contribution in [0.5, 0.6) is 11.5 Å². The molecule has 0 saturated carbocycles. The van der Waals surface area contributed by atoms with Crippen LogP contribution in [0.2, 0.25) is 0 Å². The standard InChI is InChI=1S/C16H26N2O3/c1-17-8-3-9-18(11-10-17)12-14(19)13-21-16-6-4-15(20-2)5-7-16/h4-7,14,19H,3,8-13H2,1-2H3. The van der Waals surface area contributed by atoms with Crippen LogP contribution in [0.4, 0.5) is 0 Å². The zero-order valence-corrected chi connectivity index (χ0v) is 13.0. The Labute approximate surface area is 127 Å². The Morgan fingerprint density at radius 1 is 1.10 bits per heavy atom. The summed E-state index contributed by atoms with van der Waals surface area (Å²) in [6, 6.07) is 7.41. The van der Waals surface area contributed by atoms with E-state index < -0.39 is 6.10 Å². The van der Waals surface area contributed by atoms with Crippen LogP contribution in [0.25, 0.3) is 0 Å². The molecule has 1 heterocycles. The maximum Gasteiger partial charge on any atom is 0.119 e. The summed E-state index contributed by atoms with van der Waals surface area (Å²) in [5.41, 5.74) is 0. The van der Waals surface area contributed by atoms with E-state index in [0.717, 1.165) is 44.1 Å². The lowest BCUT2D eigenvalue weighted by molar-refractivity contribution is 0.0696. The fourth-order valence-corrected chi connectivity index (χ4v) is 2.50. The van der Waals surface area contributed by atoms with Gasteiger partial charge in [0.1, 0.15) is 24.2 Å². The molecule has 0 radical (unpaired) electrons. The highest BCUT2D eigenvalue weighted by Crippen LogP contribution is 2.17. The van der Waals surface area contributed by atoms with E-state index in [0.29, 0.717) is 13.2 Å². The number of ether oxygens (including phenoxy) is 2. The highest BCUT2D eigenvalue weighted by Gasteiger charge is 2.16. The van der Waals surface area contributed by atoms with Crippen molar-refractivity contribution in [1.29, 1.82) is 0 Å². The first kappa shape index (κ1) is 16.1. The lowest BCUT2D eigenvalue weighted by atomic mass is 10.3. The minimum atomic E-state index is -0.462. The first-order valence-corrected chi connectivity index (χ1v) is 7.53. The van der Waals surface area contributed by atoms with Crippen molar-refractivity contribution in [3.8, 4) is 11.5 Å². The highest BCUT2D eigenvalue weighted by atomic mass is 16.5. The van der Waals surface area contributed by atoms with Gasteiger partial charge in [0.2, 0.25) is 0 Å². The van der Waals surface area contributed by atoms with E-state index in [-0.39, 0.29) is 0 Å². The van der Waals surface area contributed by atoms with Crippen LogP contribution in [0, 0.1) is 0 Å². The second-order valence-corrected chi connectivity index (χ2v) is 5.60. The molecule has 1 saturated heterocycles. The summed E-state index contributed by atoms with van der Waals surface area (Å²) in [5.74, 6) is 1.56. The van der Waals surface area contributed by atoms with Gasteiger partial charge in [0.05, 0.1) is 7.11 Å². The number of β-amino-alcohol motifs (C(OH)–C–C–N with tert-alkyl or cyclic N) is 1. The molecule has 1 aromatic carbocycles. The van der Waals surface area contributed by atoms with Crippen LogP contribution >= 0.6 is 0 Å². The number of methoxy groups -OCH3 is 1. The Morgan fingerprint density at radius 3 is 2.52 bits per heavy atom. The molecule has 1 N–H and O–H groups in total. The van der Waals surface area contributed by atoms with Crippen molar-refractivity contribution in [3.05, 3.63) is 24.3 Å². The summed E-state index contributed by atoms with van der Waals surface area (Å²) in [5, 5.41) is 10.1. The van der Waals surface area contributed by atoms with Crippen molar-refractivity contribution < 1.29 is 14.6 Å². The SMILES string of the molecule is COc1ccc(OCC(O)CN2CCCN(C)CC2)cc1. The van der Waals surface area contributed by atoms with Gasteiger partial charge in [-0.1, -0.05) is 0 Å². The van der Waals surface area contributed by atoms with E-state index in [1.807, 2.05) is 24.3 Å². The average molecular weight is 294 g/mol. The Morgan fingerprint density at radius 2 is 1.81 bits per heavy atom. The molecule has 1 aromatic rings. The lowest BCUT2D eigenvalue weighted by Crippen LogP contribution is -2.37. The molecule has 1 unspecified atom stereocenters. The van der Waals surface area contributed by atoms with E-state index in [9.17, 15) is 5.11 Å². The Kier molecular flexibility index (Phi) is 6.29. The van der Waals surface area contributed by atoms with Crippen molar-refractivity contribution in [1.82, 2.24) is 9.80 Å². The van der Waals surface area contributed by atoms with E-state index in [4.69, 9.17) is 9.47 Å². The van der Waals surface area contributed by atoms with Gasteiger partial charge >= 0.3 is 0 Å². The number of hydrogen-bond donors (Lipinski definition) is 1. The van der Waals surface area contributed by atoms with Crippen LogP contribution in [0.3, 0.4) is 0 Å². The van der Waals surface area contributed by atoms with Gasteiger partial charge in [0.15, 0.2) is 0 Å². The molecule has 5 nitrogen and oxygen atoms in total. The molecule has 0 amide bonds. The van der Waals surface area contributed by atoms with Gasteiger partial charge in [0.25, 0.3) is 0 Å². The lowest BCUT2D eigenvalue weighted by Gasteiger charge is -2.23. The van der Waals surface area contributed by atoms with Crippen LogP contribution in [-0.4, -0.2) is 74.5 Å². The first-order valence-electron chi connectivity index (χ1n) is 7.53. The van der Waals surface area contributed by atoms with Crippen molar-refractivity contribution >= 4 is 0 Å². The van der Waals surface area contributed by atoms with Crippen molar-refractivity contribution in [2.24, 2.45) is 0 Å². The fraction of sp³-hybridized carbons (Fsp3) is 0.625. The summed E-state index contributed by atoms with van der Waals surface area (Å²) < 4.78 is 10.7. The monoisotopic (exact) mass is 294 g/mol. The molecule has 21 heavy (non-hydrogen) atoms. The zero-order chi connectivity index (χ0) is 15.1. The van der Waals surface area contributed by atoms with Crippen LogP contribution in [0.1, 0.15) is 6.42 Å². The Bertz CT molecular complexity index is 410. The minimum Gasteiger partial charge on any atom is -0.497 e. The third-order valence-corrected chi connectivity index (χ3v) is 3.78. The van der Waals surface area contributed by atoms with Crippen LogP contribution < -0.4 is 9.47 Å². The number of likely N-dealkylation sites (N-methyl/N-ethyl adjacent to an activating group) is 1. The summed E-state index contributed by atoms with van der Waals surface area (Å²) in [6.45, 7) is 5.24. The Hall–Kier alpha value is -1.30. The molecule has 0 aliphatic carbocycles. The molecule has 0 aromatic heterocycles. The van der Waals surface area contributed by atoms with Gasteiger partial charge in [-0.3, -0.25) is 4.90 Å². The van der Waals surface area contributed by atoms with Crippen molar-refractivity contribution in [2.75, 3.05) is 53.5 Å². The molecule has 118 valence electrons. The highest BCUT2D eigenvalue weighted by molar-refractivity contribution is 5.31. The molecule has 1 atom stereocenters. The first-order chi connectivity index (χ1) is 10.2. The minimum absolute atomic E-state index is 0.318. The maximum atomic E-state index is 10.1. The normalized spacial score (nSPS) is 19.0. The molecule has 1 aliphatic heterocycles. The summed E-state index contributed by atoms with van der Waals surface area (Å²) in [4.78, 5) is 4.64. The molecular formula is C16H26N2O3. The van der Waals surface area contributed by atoms with Crippen molar-refractivity contribution in [3.63, 3.8) is 0 Å². The average Bonchev–Trinajstić information content (AvgIpc) is 2.70. The van der Waals surface area contributed by atoms with Crippen LogP contribution in [0.15, 0.2) is 24.3 Å². The van der Waals surface area contributed by atoms with E-state index in [1.54, 1.807) is 7.11 Å². The molecule has 0 spiro atoms. The molecule has 1 fully saturated rings.